The van der Waals surface area contributed by atoms with E-state index in [1.165, 1.54) is 18.2 Å². The van der Waals surface area contributed by atoms with Crippen molar-refractivity contribution < 1.29 is 9.72 Å². The maximum atomic E-state index is 12.1. The molecule has 18 heavy (non-hydrogen) atoms. The molecule has 2 rings (SSSR count). The Kier molecular flexibility index (Phi) is 3.05. The summed E-state index contributed by atoms with van der Waals surface area (Å²) in [6.45, 7) is 0. The second kappa shape index (κ2) is 4.67. The van der Waals surface area contributed by atoms with Crippen LogP contribution < -0.4 is 5.73 Å². The molecule has 0 aliphatic carbocycles. The lowest BCUT2D eigenvalue weighted by atomic mass is 10.0. The number of benzene rings is 2. The number of carbonyl (C=O) groups excluding carboxylic acids is 1. The highest BCUT2D eigenvalue weighted by atomic mass is 16.6. The molecule has 0 amide bonds. The summed E-state index contributed by atoms with van der Waals surface area (Å²) in [4.78, 5) is 22.2. The molecule has 0 spiro atoms. The molecule has 0 heterocycles. The molecule has 5 heteroatoms. The molecular formula is C13H10N2O3. The number of nitrogens with two attached hydrogens (primary N) is 1. The van der Waals surface area contributed by atoms with E-state index in [1.54, 1.807) is 30.3 Å². The maximum absolute atomic E-state index is 12.1. The van der Waals surface area contributed by atoms with Crippen LogP contribution in [0, 0.1) is 10.1 Å². The number of non-ortho nitro benzene ring substituents is 1. The van der Waals surface area contributed by atoms with E-state index in [2.05, 4.69) is 0 Å². The van der Waals surface area contributed by atoms with E-state index < -0.39 is 4.92 Å². The van der Waals surface area contributed by atoms with E-state index in [0.717, 1.165) is 0 Å². The van der Waals surface area contributed by atoms with E-state index >= 15 is 0 Å². The van der Waals surface area contributed by atoms with Crippen LogP contribution in [0.1, 0.15) is 15.9 Å². The Morgan fingerprint density at radius 1 is 1.06 bits per heavy atom. The van der Waals surface area contributed by atoms with Gasteiger partial charge in [-0.15, -0.1) is 0 Å². The Morgan fingerprint density at radius 3 is 2.28 bits per heavy atom. The van der Waals surface area contributed by atoms with Crippen LogP contribution in [-0.2, 0) is 0 Å². The zero-order valence-corrected chi connectivity index (χ0v) is 9.37. The van der Waals surface area contributed by atoms with Crippen LogP contribution in [0.2, 0.25) is 0 Å². The van der Waals surface area contributed by atoms with E-state index in [9.17, 15) is 14.9 Å². The van der Waals surface area contributed by atoms with Crippen molar-refractivity contribution in [1.29, 1.82) is 0 Å². The second-order valence-corrected chi connectivity index (χ2v) is 3.76. The number of anilines is 1. The van der Waals surface area contributed by atoms with Crippen LogP contribution >= 0.6 is 0 Å². The topological polar surface area (TPSA) is 86.2 Å². The van der Waals surface area contributed by atoms with Gasteiger partial charge in [-0.3, -0.25) is 14.9 Å². The number of nitrogens with zero attached hydrogens (tertiary/aromatic N) is 1. The molecule has 0 aromatic heterocycles. The van der Waals surface area contributed by atoms with Gasteiger partial charge in [0.25, 0.3) is 5.69 Å². The minimum atomic E-state index is -0.532. The minimum Gasteiger partial charge on any atom is -0.399 e. The highest BCUT2D eigenvalue weighted by Crippen LogP contribution is 2.17. The number of carbonyl (C=O) groups is 1. The van der Waals surface area contributed by atoms with Crippen molar-refractivity contribution in [2.45, 2.75) is 0 Å². The highest BCUT2D eigenvalue weighted by molar-refractivity contribution is 6.09. The molecule has 0 unspecified atom stereocenters. The molecular weight excluding hydrogens is 232 g/mol. The first-order valence-electron chi connectivity index (χ1n) is 5.22. The molecule has 0 aliphatic rings. The van der Waals surface area contributed by atoms with Crippen molar-refractivity contribution >= 4 is 17.2 Å². The van der Waals surface area contributed by atoms with Gasteiger partial charge >= 0.3 is 0 Å². The lowest BCUT2D eigenvalue weighted by molar-refractivity contribution is -0.384. The highest BCUT2D eigenvalue weighted by Gasteiger charge is 2.13. The van der Waals surface area contributed by atoms with Gasteiger partial charge in [-0.05, 0) is 12.1 Å². The normalized spacial score (nSPS) is 10.0. The van der Waals surface area contributed by atoms with Gasteiger partial charge < -0.3 is 5.73 Å². The molecule has 0 radical (unpaired) electrons. The first kappa shape index (κ1) is 11.8. The standard InChI is InChI=1S/C13H10N2O3/c14-11-5-1-3-9(7-11)13(16)10-4-2-6-12(8-10)15(17)18/h1-8H,14H2. The third-order valence-corrected chi connectivity index (χ3v) is 2.47. The summed E-state index contributed by atoms with van der Waals surface area (Å²) in [5, 5.41) is 10.6. The summed E-state index contributed by atoms with van der Waals surface area (Å²) in [7, 11) is 0. The zero-order chi connectivity index (χ0) is 13.1. The lowest BCUT2D eigenvalue weighted by Crippen LogP contribution is -2.02. The Bertz CT molecular complexity index is 623. The Labute approximate surface area is 103 Å². The molecule has 5 nitrogen and oxygen atoms in total. The largest absolute Gasteiger partial charge is 0.399 e. The first-order valence-corrected chi connectivity index (χ1v) is 5.22. The van der Waals surface area contributed by atoms with Gasteiger partial charge in [-0.2, -0.15) is 0 Å². The van der Waals surface area contributed by atoms with Crippen molar-refractivity contribution in [3.8, 4) is 0 Å². The summed E-state index contributed by atoms with van der Waals surface area (Å²) in [5.41, 5.74) is 6.65. The molecule has 0 saturated carbocycles. The van der Waals surface area contributed by atoms with Gasteiger partial charge in [0, 0.05) is 28.9 Å². The third kappa shape index (κ3) is 2.35. The van der Waals surface area contributed by atoms with Gasteiger partial charge in [0.05, 0.1) is 4.92 Å². The van der Waals surface area contributed by atoms with Crippen LogP contribution in [0.15, 0.2) is 48.5 Å². The number of rotatable bonds is 3. The first-order chi connectivity index (χ1) is 8.58. The molecule has 0 saturated heterocycles. The summed E-state index contributed by atoms with van der Waals surface area (Å²) >= 11 is 0. The average molecular weight is 242 g/mol. The molecule has 0 bridgehead atoms. The van der Waals surface area contributed by atoms with Crippen molar-refractivity contribution in [3.63, 3.8) is 0 Å². The number of hydrogen-bond acceptors (Lipinski definition) is 4. The number of ketones is 1. The third-order valence-electron chi connectivity index (χ3n) is 2.47. The van der Waals surface area contributed by atoms with Crippen molar-refractivity contribution in [1.82, 2.24) is 0 Å². The van der Waals surface area contributed by atoms with Gasteiger partial charge in [0.15, 0.2) is 5.78 Å². The molecule has 2 aromatic rings. The molecule has 2 N–H and O–H groups in total. The Morgan fingerprint density at radius 2 is 1.67 bits per heavy atom. The molecule has 90 valence electrons. The second-order valence-electron chi connectivity index (χ2n) is 3.76. The summed E-state index contributed by atoms with van der Waals surface area (Å²) in [6, 6.07) is 12.1. The van der Waals surface area contributed by atoms with Crippen LogP contribution in [0.3, 0.4) is 0 Å². The van der Waals surface area contributed by atoms with Gasteiger partial charge in [0.1, 0.15) is 0 Å². The van der Waals surface area contributed by atoms with Gasteiger partial charge in [-0.1, -0.05) is 24.3 Å². The number of nitro benzene ring substituents is 1. The fraction of sp³-hybridized carbons (Fsp3) is 0. The van der Waals surface area contributed by atoms with E-state index in [0.29, 0.717) is 11.3 Å². The Hall–Kier alpha value is -2.69. The van der Waals surface area contributed by atoms with Crippen LogP contribution in [0.25, 0.3) is 0 Å². The summed E-state index contributed by atoms with van der Waals surface area (Å²) in [5.74, 6) is -0.286. The Balaban J connectivity index is 2.40. The minimum absolute atomic E-state index is 0.107. The van der Waals surface area contributed by atoms with Crippen LogP contribution in [0.4, 0.5) is 11.4 Å². The van der Waals surface area contributed by atoms with Crippen LogP contribution in [-0.4, -0.2) is 10.7 Å². The number of nitrogen functional groups attached to an aromatic ring is 1. The fourth-order valence-corrected chi connectivity index (χ4v) is 1.61. The van der Waals surface area contributed by atoms with Crippen molar-refractivity contribution in [2.24, 2.45) is 0 Å². The SMILES string of the molecule is Nc1cccc(C(=O)c2cccc([N+](=O)[O-])c2)c1. The van der Waals surface area contributed by atoms with E-state index in [1.807, 2.05) is 0 Å². The average Bonchev–Trinajstić information content (AvgIpc) is 2.38. The number of nitro groups is 1. The fourth-order valence-electron chi connectivity index (χ4n) is 1.61. The molecule has 0 aliphatic heterocycles. The van der Waals surface area contributed by atoms with Crippen molar-refractivity contribution in [3.05, 3.63) is 69.8 Å². The number of hydrogen-bond donors (Lipinski definition) is 1. The quantitative estimate of drug-likeness (QED) is 0.387. The van der Waals surface area contributed by atoms with Crippen molar-refractivity contribution in [2.75, 3.05) is 5.73 Å². The maximum Gasteiger partial charge on any atom is 0.270 e. The summed E-state index contributed by atoms with van der Waals surface area (Å²) < 4.78 is 0. The summed E-state index contributed by atoms with van der Waals surface area (Å²) in [6.07, 6.45) is 0. The predicted molar refractivity (Wildman–Crippen MR) is 67.4 cm³/mol. The zero-order valence-electron chi connectivity index (χ0n) is 9.37. The molecule has 0 fully saturated rings. The van der Waals surface area contributed by atoms with E-state index in [4.69, 9.17) is 5.73 Å². The van der Waals surface area contributed by atoms with Gasteiger partial charge in [0.2, 0.25) is 0 Å². The molecule has 0 atom stereocenters. The van der Waals surface area contributed by atoms with Gasteiger partial charge in [-0.25, -0.2) is 0 Å². The van der Waals surface area contributed by atoms with Crippen LogP contribution in [0.5, 0.6) is 0 Å². The smallest absolute Gasteiger partial charge is 0.270 e. The predicted octanol–water partition coefficient (Wildman–Crippen LogP) is 2.41. The lowest BCUT2D eigenvalue weighted by Gasteiger charge is -2.02. The monoisotopic (exact) mass is 242 g/mol. The van der Waals surface area contributed by atoms with E-state index in [-0.39, 0.29) is 17.0 Å². The molecule has 2 aromatic carbocycles.